The predicted molar refractivity (Wildman–Crippen MR) is 75.6 cm³/mol. The first-order valence-electron chi connectivity index (χ1n) is 6.18. The molecule has 1 aromatic rings. The number of nitrogens with two attached hydrogens (primary N) is 1. The van der Waals surface area contributed by atoms with Crippen LogP contribution in [0.5, 0.6) is 0 Å². The van der Waals surface area contributed by atoms with Gasteiger partial charge in [0.15, 0.2) is 0 Å². The first-order valence-corrected chi connectivity index (χ1v) is 8.88. The minimum absolute atomic E-state index is 0.183. The van der Waals surface area contributed by atoms with Crippen molar-refractivity contribution in [1.29, 1.82) is 0 Å². The Morgan fingerprint density at radius 1 is 1.37 bits per heavy atom. The summed E-state index contributed by atoms with van der Waals surface area (Å²) in [5.74, 6) is 2.99. The highest BCUT2D eigenvalue weighted by Crippen LogP contribution is 2.12. The molecule has 0 aromatic carbocycles. The number of rotatable bonds is 6. The van der Waals surface area contributed by atoms with E-state index in [9.17, 15) is 8.42 Å². The van der Waals surface area contributed by atoms with Gasteiger partial charge >= 0.3 is 0 Å². The Morgan fingerprint density at radius 2 is 2.11 bits per heavy atom. The molecule has 0 unspecified atom stereocenters. The average Bonchev–Trinajstić information content (AvgIpc) is 2.85. The van der Waals surface area contributed by atoms with E-state index in [1.54, 1.807) is 6.07 Å². The Hall–Kier alpha value is -0.540. The number of hydrogen-bond acceptors (Lipinski definition) is 6. The van der Waals surface area contributed by atoms with Crippen LogP contribution in [0, 0.1) is 0 Å². The topological polar surface area (TPSA) is 88.6 Å². The van der Waals surface area contributed by atoms with E-state index >= 15 is 0 Å². The summed E-state index contributed by atoms with van der Waals surface area (Å²) >= 11 is 1.99. The van der Waals surface area contributed by atoms with Crippen molar-refractivity contribution >= 4 is 21.8 Å². The van der Waals surface area contributed by atoms with Crippen molar-refractivity contribution in [2.24, 2.45) is 5.14 Å². The Bertz CT molecular complexity index is 495. The van der Waals surface area contributed by atoms with E-state index in [-0.39, 0.29) is 5.09 Å². The molecule has 3 N–H and O–H groups in total. The largest absolute Gasteiger partial charge is 0.447 e. The van der Waals surface area contributed by atoms with Crippen molar-refractivity contribution in [3.05, 3.63) is 17.9 Å². The maximum Gasteiger partial charge on any atom is 0.271 e. The van der Waals surface area contributed by atoms with Gasteiger partial charge in [-0.15, -0.1) is 0 Å². The zero-order valence-corrected chi connectivity index (χ0v) is 12.3. The first kappa shape index (κ1) is 14.9. The molecule has 0 spiro atoms. The molecule has 19 heavy (non-hydrogen) atoms. The Kier molecular flexibility index (Phi) is 5.28. The maximum absolute atomic E-state index is 11.0. The van der Waals surface area contributed by atoms with Gasteiger partial charge in [0, 0.05) is 37.7 Å². The third kappa shape index (κ3) is 4.81. The second kappa shape index (κ2) is 6.76. The van der Waals surface area contributed by atoms with Gasteiger partial charge in [-0.2, -0.15) is 11.8 Å². The number of sulfonamides is 1. The van der Waals surface area contributed by atoms with Crippen LogP contribution in [0.1, 0.15) is 5.76 Å². The zero-order valence-electron chi connectivity index (χ0n) is 10.7. The van der Waals surface area contributed by atoms with E-state index in [1.165, 1.54) is 17.6 Å². The zero-order chi connectivity index (χ0) is 13.7. The fourth-order valence-electron chi connectivity index (χ4n) is 1.88. The molecule has 1 saturated heterocycles. The molecule has 0 radical (unpaired) electrons. The number of nitrogens with zero attached hydrogens (tertiary/aromatic N) is 1. The molecule has 6 nitrogen and oxygen atoms in total. The van der Waals surface area contributed by atoms with Crippen molar-refractivity contribution in [2.45, 2.75) is 11.6 Å². The van der Waals surface area contributed by atoms with Gasteiger partial charge in [0.1, 0.15) is 5.76 Å². The Labute approximate surface area is 117 Å². The number of furan rings is 1. The Balaban J connectivity index is 1.69. The lowest BCUT2D eigenvalue weighted by Crippen LogP contribution is -2.37. The van der Waals surface area contributed by atoms with Gasteiger partial charge in [0.2, 0.25) is 5.09 Å². The molecule has 0 bridgehead atoms. The summed E-state index contributed by atoms with van der Waals surface area (Å²) in [6, 6.07) is 3.01. The molecule has 2 rings (SSSR count). The van der Waals surface area contributed by atoms with Crippen LogP contribution in [0.15, 0.2) is 21.6 Å². The second-order valence-corrected chi connectivity index (χ2v) is 7.11. The number of thioether (sulfide) groups is 1. The monoisotopic (exact) mass is 305 g/mol. The molecule has 108 valence electrons. The third-order valence-corrected chi connectivity index (χ3v) is 4.65. The van der Waals surface area contributed by atoms with E-state index in [1.807, 2.05) is 11.8 Å². The van der Waals surface area contributed by atoms with Gasteiger partial charge in [-0.25, -0.2) is 13.6 Å². The van der Waals surface area contributed by atoms with Gasteiger partial charge in [-0.05, 0) is 12.1 Å². The minimum atomic E-state index is -3.73. The van der Waals surface area contributed by atoms with Crippen molar-refractivity contribution in [3.63, 3.8) is 0 Å². The van der Waals surface area contributed by atoms with Gasteiger partial charge in [0.25, 0.3) is 10.0 Å². The van der Waals surface area contributed by atoms with Crippen LogP contribution in [0.2, 0.25) is 0 Å². The van der Waals surface area contributed by atoms with Gasteiger partial charge < -0.3 is 14.6 Å². The van der Waals surface area contributed by atoms with Crippen LogP contribution in [0.4, 0.5) is 0 Å². The van der Waals surface area contributed by atoms with E-state index in [2.05, 4.69) is 10.2 Å². The smallest absolute Gasteiger partial charge is 0.271 e. The van der Waals surface area contributed by atoms with E-state index < -0.39 is 10.0 Å². The molecule has 1 aliphatic heterocycles. The van der Waals surface area contributed by atoms with Crippen LogP contribution >= 0.6 is 11.8 Å². The fourth-order valence-corrected chi connectivity index (χ4v) is 3.34. The molecule has 8 heteroatoms. The maximum atomic E-state index is 11.0. The molecule has 0 saturated carbocycles. The van der Waals surface area contributed by atoms with Crippen LogP contribution in [-0.2, 0) is 16.6 Å². The second-order valence-electron chi connectivity index (χ2n) is 4.40. The van der Waals surface area contributed by atoms with Crippen LogP contribution < -0.4 is 10.5 Å². The SMILES string of the molecule is NS(=O)(=O)c1ccc(CNCCN2CCSCC2)o1. The van der Waals surface area contributed by atoms with E-state index in [0.29, 0.717) is 12.3 Å². The molecule has 0 amide bonds. The highest BCUT2D eigenvalue weighted by Gasteiger charge is 2.13. The van der Waals surface area contributed by atoms with E-state index in [0.717, 1.165) is 26.2 Å². The minimum Gasteiger partial charge on any atom is -0.447 e. The molecular weight excluding hydrogens is 286 g/mol. The highest BCUT2D eigenvalue weighted by molar-refractivity contribution is 7.99. The summed E-state index contributed by atoms with van der Waals surface area (Å²) in [6.45, 7) is 4.66. The lowest BCUT2D eigenvalue weighted by molar-refractivity contribution is 0.298. The number of nitrogens with one attached hydrogen (secondary N) is 1. The Morgan fingerprint density at radius 3 is 2.74 bits per heavy atom. The first-order chi connectivity index (χ1) is 9.05. The molecule has 0 aliphatic carbocycles. The number of hydrogen-bond donors (Lipinski definition) is 2. The van der Waals surface area contributed by atoms with Crippen molar-refractivity contribution in [1.82, 2.24) is 10.2 Å². The third-order valence-electron chi connectivity index (χ3n) is 2.93. The summed E-state index contributed by atoms with van der Waals surface area (Å²) in [6.07, 6.45) is 0. The summed E-state index contributed by atoms with van der Waals surface area (Å²) in [5.41, 5.74) is 0. The standard InChI is InChI=1S/C11H19N3O3S2/c12-19(15,16)11-2-1-10(17-11)9-13-3-4-14-5-7-18-8-6-14/h1-2,13H,3-9H2,(H2,12,15,16). The van der Waals surface area contributed by atoms with E-state index in [4.69, 9.17) is 9.56 Å². The summed E-state index contributed by atoms with van der Waals surface area (Å²) < 4.78 is 27.2. The molecule has 1 fully saturated rings. The van der Waals surface area contributed by atoms with Crippen LogP contribution in [0.3, 0.4) is 0 Å². The molecule has 0 atom stereocenters. The highest BCUT2D eigenvalue weighted by atomic mass is 32.2. The normalized spacial score (nSPS) is 17.7. The number of primary sulfonamides is 1. The summed E-state index contributed by atoms with van der Waals surface area (Å²) in [5, 5.41) is 8.02. The van der Waals surface area contributed by atoms with Crippen molar-refractivity contribution < 1.29 is 12.8 Å². The predicted octanol–water partition coefficient (Wildman–Crippen LogP) is 0.0654. The van der Waals surface area contributed by atoms with Gasteiger partial charge in [-0.3, -0.25) is 0 Å². The summed E-state index contributed by atoms with van der Waals surface area (Å²) in [7, 11) is -3.73. The quantitative estimate of drug-likeness (QED) is 0.723. The summed E-state index contributed by atoms with van der Waals surface area (Å²) in [4.78, 5) is 2.42. The molecule has 1 aliphatic rings. The van der Waals surface area contributed by atoms with Gasteiger partial charge in [0.05, 0.1) is 6.54 Å². The average molecular weight is 305 g/mol. The van der Waals surface area contributed by atoms with Crippen molar-refractivity contribution in [3.8, 4) is 0 Å². The lowest BCUT2D eigenvalue weighted by atomic mass is 10.4. The van der Waals surface area contributed by atoms with Crippen LogP contribution in [0.25, 0.3) is 0 Å². The van der Waals surface area contributed by atoms with Gasteiger partial charge in [-0.1, -0.05) is 0 Å². The molecule has 1 aromatic heterocycles. The van der Waals surface area contributed by atoms with Crippen molar-refractivity contribution in [2.75, 3.05) is 37.7 Å². The molecular formula is C11H19N3O3S2. The lowest BCUT2D eigenvalue weighted by Gasteiger charge is -2.25. The fraction of sp³-hybridized carbons (Fsp3) is 0.636. The molecule has 2 heterocycles. The van der Waals surface area contributed by atoms with Crippen LogP contribution in [-0.4, -0.2) is 51.0 Å².